The van der Waals surface area contributed by atoms with Crippen molar-refractivity contribution in [3.8, 4) is 17.0 Å². The van der Waals surface area contributed by atoms with Crippen molar-refractivity contribution in [3.05, 3.63) is 34.7 Å². The predicted octanol–water partition coefficient (Wildman–Crippen LogP) is -1.81. The van der Waals surface area contributed by atoms with Crippen molar-refractivity contribution in [3.63, 3.8) is 0 Å². The maximum absolute atomic E-state index is 10.6. The van der Waals surface area contributed by atoms with E-state index in [9.17, 15) is 9.90 Å². The number of hydrogen-bond donors (Lipinski definition) is 0. The van der Waals surface area contributed by atoms with Crippen LogP contribution in [0, 0.1) is 0 Å². The number of benzene rings is 1. The van der Waals surface area contributed by atoms with Crippen molar-refractivity contribution in [2.24, 2.45) is 0 Å². The van der Waals surface area contributed by atoms with Crippen molar-refractivity contribution >= 4 is 17.3 Å². The normalized spacial score (nSPS) is 9.47. The molecule has 0 aliphatic carbocycles. The molecule has 0 N–H and O–H groups in total. The van der Waals surface area contributed by atoms with Gasteiger partial charge in [0.05, 0.1) is 12.8 Å². The topological polar surface area (TPSA) is 62.2 Å². The quantitative estimate of drug-likeness (QED) is 0.608. The average molecular weight is 257 g/mol. The molecule has 6 heteroatoms. The number of hydrogen-bond acceptors (Lipinski definition) is 5. The molecule has 0 saturated carbocycles. The number of aromatic nitrogens is 1. The Kier molecular flexibility index (Phi) is 5.14. The van der Waals surface area contributed by atoms with E-state index in [4.69, 9.17) is 4.74 Å². The van der Waals surface area contributed by atoms with Crippen LogP contribution in [0.25, 0.3) is 11.3 Å². The minimum absolute atomic E-state index is 0. The number of thiazole rings is 1. The molecule has 2 aromatic rings. The zero-order chi connectivity index (χ0) is 11.5. The largest absolute Gasteiger partial charge is 1.00 e. The second-order valence-electron chi connectivity index (χ2n) is 3.05. The van der Waals surface area contributed by atoms with E-state index in [1.165, 1.54) is 0 Å². The molecule has 1 heterocycles. The average Bonchev–Trinajstić information content (AvgIpc) is 2.78. The Bertz CT molecular complexity index is 510. The van der Waals surface area contributed by atoms with E-state index in [-0.39, 0.29) is 34.6 Å². The summed E-state index contributed by atoms with van der Waals surface area (Å²) in [6, 6.07) is 7.25. The fourth-order valence-electron chi connectivity index (χ4n) is 1.26. The molecule has 0 aliphatic rings. The number of ether oxygens (including phenoxy) is 1. The smallest absolute Gasteiger partial charge is 0.542 e. The fourth-order valence-corrected chi connectivity index (χ4v) is 1.92. The second kappa shape index (κ2) is 6.16. The Labute approximate surface area is 125 Å². The van der Waals surface area contributed by atoms with Gasteiger partial charge in [0.15, 0.2) is 0 Å². The molecule has 0 amide bonds. The van der Waals surface area contributed by atoms with Gasteiger partial charge in [-0.2, -0.15) is 0 Å². The van der Waals surface area contributed by atoms with E-state index >= 15 is 0 Å². The Morgan fingerprint density at radius 1 is 1.35 bits per heavy atom. The van der Waals surface area contributed by atoms with Crippen LogP contribution in [0.3, 0.4) is 0 Å². The first kappa shape index (κ1) is 14.2. The summed E-state index contributed by atoms with van der Waals surface area (Å²) in [6.45, 7) is 0. The second-order valence-corrected chi connectivity index (χ2v) is 3.91. The van der Waals surface area contributed by atoms with Crippen LogP contribution in [0.4, 0.5) is 0 Å². The van der Waals surface area contributed by atoms with Crippen molar-refractivity contribution in [1.82, 2.24) is 4.98 Å². The molecule has 17 heavy (non-hydrogen) atoms. The first-order chi connectivity index (χ1) is 7.70. The van der Waals surface area contributed by atoms with Crippen LogP contribution in [-0.4, -0.2) is 18.1 Å². The van der Waals surface area contributed by atoms with Crippen LogP contribution < -0.4 is 39.4 Å². The molecule has 0 fully saturated rings. The zero-order valence-corrected chi connectivity index (χ0v) is 12.3. The van der Waals surface area contributed by atoms with E-state index in [0.29, 0.717) is 5.69 Å². The van der Waals surface area contributed by atoms with Gasteiger partial charge in [0, 0.05) is 10.9 Å². The molecule has 0 unspecified atom stereocenters. The molecule has 0 atom stereocenters. The maximum Gasteiger partial charge on any atom is 1.00 e. The van der Waals surface area contributed by atoms with Gasteiger partial charge in [0.1, 0.15) is 16.7 Å². The van der Waals surface area contributed by atoms with Crippen LogP contribution in [-0.2, 0) is 0 Å². The Morgan fingerprint density at radius 3 is 2.47 bits per heavy atom. The molecule has 2 rings (SSSR count). The summed E-state index contributed by atoms with van der Waals surface area (Å²) in [4.78, 5) is 14.5. The van der Waals surface area contributed by atoms with Gasteiger partial charge in [-0.1, -0.05) is 0 Å². The third-order valence-corrected chi connectivity index (χ3v) is 2.89. The van der Waals surface area contributed by atoms with Crippen molar-refractivity contribution in [1.29, 1.82) is 0 Å². The predicted molar refractivity (Wildman–Crippen MR) is 58.4 cm³/mol. The third-order valence-electron chi connectivity index (χ3n) is 2.06. The molecule has 1 aromatic carbocycles. The molecular formula is C11H8NNaO3S. The van der Waals surface area contributed by atoms with E-state index in [1.54, 1.807) is 24.6 Å². The van der Waals surface area contributed by atoms with Gasteiger partial charge < -0.3 is 14.6 Å². The Hall–Kier alpha value is -0.880. The molecule has 0 radical (unpaired) electrons. The number of carboxylic acids is 1. The third kappa shape index (κ3) is 3.29. The van der Waals surface area contributed by atoms with E-state index in [1.807, 2.05) is 12.1 Å². The van der Waals surface area contributed by atoms with E-state index in [2.05, 4.69) is 4.98 Å². The molecule has 0 aliphatic heterocycles. The van der Waals surface area contributed by atoms with Crippen LogP contribution >= 0.6 is 11.3 Å². The number of rotatable bonds is 3. The number of carbonyl (C=O) groups excluding carboxylic acids is 1. The van der Waals surface area contributed by atoms with Gasteiger partial charge in [-0.3, -0.25) is 0 Å². The molecule has 1 aromatic heterocycles. The number of carboxylic acid groups (broad SMARTS) is 1. The first-order valence-electron chi connectivity index (χ1n) is 4.52. The summed E-state index contributed by atoms with van der Waals surface area (Å²) < 4.78 is 5.03. The maximum atomic E-state index is 10.6. The minimum atomic E-state index is -1.25. The fraction of sp³-hybridized carbons (Fsp3) is 0.0909. The van der Waals surface area contributed by atoms with Crippen LogP contribution in [0.15, 0.2) is 29.6 Å². The van der Waals surface area contributed by atoms with Gasteiger partial charge in [-0.05, 0) is 24.3 Å². The SMILES string of the molecule is COc1ccc(-c2csc(C(=O)[O-])n2)cc1.[Na+]. The van der Waals surface area contributed by atoms with Gasteiger partial charge in [-0.15, -0.1) is 11.3 Å². The summed E-state index contributed by atoms with van der Waals surface area (Å²) in [5, 5.41) is 12.2. The number of nitrogens with zero attached hydrogens (tertiary/aromatic N) is 1. The zero-order valence-electron chi connectivity index (χ0n) is 9.47. The molecule has 0 bridgehead atoms. The van der Waals surface area contributed by atoms with Crippen LogP contribution in [0.5, 0.6) is 5.75 Å². The van der Waals surface area contributed by atoms with Crippen molar-refractivity contribution < 1.29 is 44.2 Å². The van der Waals surface area contributed by atoms with E-state index in [0.717, 1.165) is 22.6 Å². The molecule has 82 valence electrons. The molecule has 0 spiro atoms. The Morgan fingerprint density at radius 2 is 2.00 bits per heavy atom. The number of carbonyl (C=O) groups is 1. The summed E-state index contributed by atoms with van der Waals surface area (Å²) in [6.07, 6.45) is 0. The van der Waals surface area contributed by atoms with Gasteiger partial charge in [0.25, 0.3) is 0 Å². The standard InChI is InChI=1S/C11H9NO3S.Na/c1-15-8-4-2-7(3-5-8)9-6-16-10(12-9)11(13)14;/h2-6H,1H3,(H,13,14);/q;+1/p-1. The molecular weight excluding hydrogens is 249 g/mol. The minimum Gasteiger partial charge on any atom is -0.542 e. The molecule has 4 nitrogen and oxygen atoms in total. The first-order valence-corrected chi connectivity index (χ1v) is 5.40. The monoisotopic (exact) mass is 257 g/mol. The number of methoxy groups -OCH3 is 1. The summed E-state index contributed by atoms with van der Waals surface area (Å²) >= 11 is 1.06. The number of aromatic carboxylic acids is 1. The Balaban J connectivity index is 0.00000144. The van der Waals surface area contributed by atoms with Crippen molar-refractivity contribution in [2.45, 2.75) is 0 Å². The summed E-state index contributed by atoms with van der Waals surface area (Å²) in [5.41, 5.74) is 1.48. The van der Waals surface area contributed by atoms with Gasteiger partial charge >= 0.3 is 29.6 Å². The summed E-state index contributed by atoms with van der Waals surface area (Å²) in [7, 11) is 1.59. The molecule has 0 saturated heterocycles. The van der Waals surface area contributed by atoms with Gasteiger partial charge in [-0.25, -0.2) is 4.98 Å². The van der Waals surface area contributed by atoms with Crippen LogP contribution in [0.1, 0.15) is 9.80 Å². The van der Waals surface area contributed by atoms with Gasteiger partial charge in [0.2, 0.25) is 0 Å². The van der Waals surface area contributed by atoms with Crippen LogP contribution in [0.2, 0.25) is 0 Å². The summed E-state index contributed by atoms with van der Waals surface area (Å²) in [5.74, 6) is -0.496. The van der Waals surface area contributed by atoms with E-state index < -0.39 is 5.97 Å². The van der Waals surface area contributed by atoms with Crippen molar-refractivity contribution in [2.75, 3.05) is 7.11 Å².